The van der Waals surface area contributed by atoms with E-state index in [2.05, 4.69) is 26.9 Å². The zero-order valence-electron chi connectivity index (χ0n) is 10.9. The molecule has 1 N–H and O–H groups in total. The summed E-state index contributed by atoms with van der Waals surface area (Å²) in [6, 6.07) is 6.10. The van der Waals surface area contributed by atoms with Gasteiger partial charge in [0.2, 0.25) is 0 Å². The Balaban J connectivity index is 2.26. The lowest BCUT2D eigenvalue weighted by Gasteiger charge is -2.35. The number of halogens is 1. The molecule has 3 nitrogen and oxygen atoms in total. The Kier molecular flexibility index (Phi) is 4.65. The minimum absolute atomic E-state index is 0.296. The van der Waals surface area contributed by atoms with Gasteiger partial charge in [0, 0.05) is 35.9 Å². The average molecular weight is 314 g/mol. The van der Waals surface area contributed by atoms with Crippen LogP contribution in [0.25, 0.3) is 0 Å². The molecule has 18 heavy (non-hydrogen) atoms. The summed E-state index contributed by atoms with van der Waals surface area (Å²) in [6.07, 6.45) is 2.09. The molecule has 2 atom stereocenters. The zero-order chi connectivity index (χ0) is 13.1. The van der Waals surface area contributed by atoms with Crippen molar-refractivity contribution in [2.24, 2.45) is 0 Å². The lowest BCUT2D eigenvalue weighted by atomic mass is 10.0. The molecule has 0 spiro atoms. The number of benzene rings is 1. The highest BCUT2D eigenvalue weighted by Crippen LogP contribution is 2.31. The molecule has 4 heteroatoms. The van der Waals surface area contributed by atoms with Crippen molar-refractivity contribution in [1.29, 1.82) is 0 Å². The highest BCUT2D eigenvalue weighted by atomic mass is 79.9. The van der Waals surface area contributed by atoms with Crippen LogP contribution in [0.3, 0.4) is 0 Å². The molecule has 1 fully saturated rings. The van der Waals surface area contributed by atoms with E-state index in [1.165, 1.54) is 0 Å². The Hall–Kier alpha value is -0.580. The van der Waals surface area contributed by atoms with Crippen LogP contribution in [0.2, 0.25) is 0 Å². The second-order valence-corrected chi connectivity index (χ2v) is 5.74. The normalized spacial score (nSPS) is 22.0. The molecule has 1 aromatic carbocycles. The lowest BCUT2D eigenvalue weighted by molar-refractivity contribution is 0.0891. The van der Waals surface area contributed by atoms with Crippen LogP contribution >= 0.6 is 15.9 Å². The Morgan fingerprint density at radius 2 is 2.28 bits per heavy atom. The fourth-order valence-corrected chi connectivity index (χ4v) is 2.88. The third-order valence-electron chi connectivity index (χ3n) is 3.49. The summed E-state index contributed by atoms with van der Waals surface area (Å²) in [7, 11) is 1.77. The monoisotopic (exact) mass is 313 g/mol. The maximum absolute atomic E-state index is 9.90. The van der Waals surface area contributed by atoms with Gasteiger partial charge in [-0.05, 0) is 38.0 Å². The van der Waals surface area contributed by atoms with Crippen LogP contribution in [0.4, 0.5) is 5.69 Å². The molecular formula is C14H20BrNO2. The minimum atomic E-state index is -0.458. The quantitative estimate of drug-likeness (QED) is 0.930. The van der Waals surface area contributed by atoms with E-state index in [1.807, 2.05) is 19.1 Å². The van der Waals surface area contributed by atoms with Gasteiger partial charge in [-0.15, -0.1) is 0 Å². The first kappa shape index (κ1) is 13.8. The molecule has 0 bridgehead atoms. The van der Waals surface area contributed by atoms with Crippen molar-refractivity contribution in [2.45, 2.75) is 32.0 Å². The summed E-state index contributed by atoms with van der Waals surface area (Å²) in [4.78, 5) is 2.31. The number of ether oxygens (including phenoxy) is 1. The van der Waals surface area contributed by atoms with E-state index >= 15 is 0 Å². The Morgan fingerprint density at radius 1 is 1.50 bits per heavy atom. The van der Waals surface area contributed by atoms with Crippen molar-refractivity contribution in [2.75, 3.05) is 25.1 Å². The maximum Gasteiger partial charge on any atom is 0.0782 e. The minimum Gasteiger partial charge on any atom is -0.389 e. The van der Waals surface area contributed by atoms with Crippen molar-refractivity contribution >= 4 is 21.6 Å². The summed E-state index contributed by atoms with van der Waals surface area (Å²) >= 11 is 3.46. The number of methoxy groups -OCH3 is 1. The number of piperidine rings is 1. The predicted octanol–water partition coefficient (Wildman–Crippen LogP) is 3.12. The number of aliphatic hydroxyl groups excluding tert-OH is 1. The van der Waals surface area contributed by atoms with Crippen molar-refractivity contribution < 1.29 is 9.84 Å². The van der Waals surface area contributed by atoms with Crippen LogP contribution < -0.4 is 4.90 Å². The summed E-state index contributed by atoms with van der Waals surface area (Å²) in [5, 5.41) is 9.90. The number of rotatable bonds is 3. The standard InChI is InChI=1S/C14H20BrNO2/c1-10(17)13-8-11(15)5-6-14(13)16-7-3-4-12(9-16)18-2/h5-6,8,10,12,17H,3-4,7,9H2,1-2H3. The lowest BCUT2D eigenvalue weighted by Crippen LogP contribution is -2.39. The van der Waals surface area contributed by atoms with Crippen molar-refractivity contribution in [3.63, 3.8) is 0 Å². The first-order valence-electron chi connectivity index (χ1n) is 6.37. The van der Waals surface area contributed by atoms with Gasteiger partial charge < -0.3 is 14.7 Å². The van der Waals surface area contributed by atoms with Crippen molar-refractivity contribution in [3.8, 4) is 0 Å². The molecule has 1 heterocycles. The molecule has 1 aromatic rings. The average Bonchev–Trinajstić information content (AvgIpc) is 2.38. The summed E-state index contributed by atoms with van der Waals surface area (Å²) in [6.45, 7) is 3.74. The molecule has 0 radical (unpaired) electrons. The van der Waals surface area contributed by atoms with Crippen molar-refractivity contribution in [1.82, 2.24) is 0 Å². The Labute approximate surface area is 117 Å². The van der Waals surface area contributed by atoms with E-state index in [1.54, 1.807) is 7.11 Å². The topological polar surface area (TPSA) is 32.7 Å². The highest BCUT2D eigenvalue weighted by molar-refractivity contribution is 9.10. The van der Waals surface area contributed by atoms with E-state index in [-0.39, 0.29) is 0 Å². The number of hydrogen-bond donors (Lipinski definition) is 1. The third-order valence-corrected chi connectivity index (χ3v) is 3.99. The summed E-state index contributed by atoms with van der Waals surface area (Å²) in [5.74, 6) is 0. The largest absolute Gasteiger partial charge is 0.389 e. The fourth-order valence-electron chi connectivity index (χ4n) is 2.50. The molecule has 1 aliphatic rings. The van der Waals surface area contributed by atoms with Gasteiger partial charge in [0.1, 0.15) is 0 Å². The molecule has 1 saturated heterocycles. The smallest absolute Gasteiger partial charge is 0.0782 e. The molecule has 0 aromatic heterocycles. The third kappa shape index (κ3) is 3.05. The molecule has 0 saturated carbocycles. The molecule has 0 amide bonds. The number of aliphatic hydroxyl groups is 1. The second kappa shape index (κ2) is 6.04. The van der Waals surface area contributed by atoms with Crippen molar-refractivity contribution in [3.05, 3.63) is 28.2 Å². The molecule has 0 aliphatic carbocycles. The van der Waals surface area contributed by atoms with Gasteiger partial charge in [-0.2, -0.15) is 0 Å². The first-order chi connectivity index (χ1) is 8.61. The summed E-state index contributed by atoms with van der Waals surface area (Å²) < 4.78 is 6.46. The van der Waals surface area contributed by atoms with Crippen LogP contribution in [0.1, 0.15) is 31.4 Å². The van der Waals surface area contributed by atoms with E-state index < -0.39 is 6.10 Å². The number of nitrogens with zero attached hydrogens (tertiary/aromatic N) is 1. The van der Waals surface area contributed by atoms with Gasteiger partial charge in [0.05, 0.1) is 12.2 Å². The number of anilines is 1. The van der Waals surface area contributed by atoms with Crippen LogP contribution in [0, 0.1) is 0 Å². The van der Waals surface area contributed by atoms with Gasteiger partial charge in [-0.1, -0.05) is 15.9 Å². The van der Waals surface area contributed by atoms with Crippen LogP contribution in [0.5, 0.6) is 0 Å². The maximum atomic E-state index is 9.90. The van der Waals surface area contributed by atoms with E-state index in [9.17, 15) is 5.11 Å². The SMILES string of the molecule is COC1CCCN(c2ccc(Br)cc2C(C)O)C1. The van der Waals surface area contributed by atoms with Gasteiger partial charge in [0.25, 0.3) is 0 Å². The predicted molar refractivity (Wildman–Crippen MR) is 77.0 cm³/mol. The Morgan fingerprint density at radius 3 is 2.94 bits per heavy atom. The molecule has 2 unspecified atom stereocenters. The molecule has 100 valence electrons. The molecular weight excluding hydrogens is 294 g/mol. The molecule has 2 rings (SSSR count). The van der Waals surface area contributed by atoms with Gasteiger partial charge >= 0.3 is 0 Å². The van der Waals surface area contributed by atoms with Crippen LogP contribution in [-0.4, -0.2) is 31.4 Å². The second-order valence-electron chi connectivity index (χ2n) is 4.83. The van der Waals surface area contributed by atoms with Gasteiger partial charge in [-0.25, -0.2) is 0 Å². The zero-order valence-corrected chi connectivity index (χ0v) is 12.5. The first-order valence-corrected chi connectivity index (χ1v) is 7.16. The van der Waals surface area contributed by atoms with Crippen LogP contribution in [-0.2, 0) is 4.74 Å². The van der Waals surface area contributed by atoms with Gasteiger partial charge in [0.15, 0.2) is 0 Å². The Bertz CT molecular complexity index is 409. The summed E-state index contributed by atoms with van der Waals surface area (Å²) in [5.41, 5.74) is 2.09. The molecule has 1 aliphatic heterocycles. The van der Waals surface area contributed by atoms with Crippen LogP contribution in [0.15, 0.2) is 22.7 Å². The number of hydrogen-bond acceptors (Lipinski definition) is 3. The van der Waals surface area contributed by atoms with E-state index in [0.717, 1.165) is 41.7 Å². The van der Waals surface area contributed by atoms with E-state index in [0.29, 0.717) is 6.10 Å². The highest BCUT2D eigenvalue weighted by Gasteiger charge is 2.22. The fraction of sp³-hybridized carbons (Fsp3) is 0.571. The van der Waals surface area contributed by atoms with E-state index in [4.69, 9.17) is 4.74 Å². The van der Waals surface area contributed by atoms with Gasteiger partial charge in [-0.3, -0.25) is 0 Å².